The topological polar surface area (TPSA) is 74.8 Å². The van der Waals surface area contributed by atoms with E-state index in [0.717, 1.165) is 25.2 Å². The van der Waals surface area contributed by atoms with E-state index in [1.807, 2.05) is 12.1 Å². The minimum absolute atomic E-state index is 0.0391. The second kappa shape index (κ2) is 9.92. The van der Waals surface area contributed by atoms with E-state index < -0.39 is 12.5 Å². The molecule has 1 N–H and O–H groups in total. The van der Waals surface area contributed by atoms with Gasteiger partial charge in [-0.3, -0.25) is 19.5 Å². The molecule has 1 aromatic heterocycles. The van der Waals surface area contributed by atoms with Crippen molar-refractivity contribution >= 4 is 11.8 Å². The van der Waals surface area contributed by atoms with Gasteiger partial charge in [0.2, 0.25) is 5.91 Å². The number of piperazine rings is 1. The lowest BCUT2D eigenvalue weighted by Crippen LogP contribution is -2.50. The first kappa shape index (κ1) is 20.7. The molecule has 0 radical (unpaired) electrons. The number of carbonyl (C=O) groups excluding carboxylic acids is 2. The Morgan fingerprint density at radius 2 is 1.76 bits per heavy atom. The molecule has 1 fully saturated rings. The Labute approximate surface area is 167 Å². The number of nitrogens with zero attached hydrogens (tertiary/aromatic N) is 3. The third-order valence-corrected chi connectivity index (χ3v) is 4.63. The van der Waals surface area contributed by atoms with Crippen LogP contribution in [-0.4, -0.2) is 65.9 Å². The van der Waals surface area contributed by atoms with Crippen molar-refractivity contribution in [3.05, 3.63) is 59.9 Å². The normalized spacial score (nSPS) is 14.7. The minimum atomic E-state index is -3.03. The molecule has 0 atom stereocenters. The Hall–Kier alpha value is -3.07. The van der Waals surface area contributed by atoms with Crippen molar-refractivity contribution in [3.63, 3.8) is 0 Å². The van der Waals surface area contributed by atoms with Crippen LogP contribution < -0.4 is 10.1 Å². The maximum atomic E-state index is 12.5. The van der Waals surface area contributed by atoms with E-state index in [9.17, 15) is 18.4 Å². The highest BCUT2D eigenvalue weighted by molar-refractivity contribution is 5.98. The number of para-hydroxylation sites is 1. The van der Waals surface area contributed by atoms with Crippen molar-refractivity contribution in [2.24, 2.45) is 0 Å². The molecule has 2 amide bonds. The lowest BCUT2D eigenvalue weighted by molar-refractivity contribution is -0.131. The van der Waals surface area contributed by atoms with Crippen molar-refractivity contribution < 1.29 is 23.1 Å². The highest BCUT2D eigenvalue weighted by Crippen LogP contribution is 2.20. The van der Waals surface area contributed by atoms with Crippen molar-refractivity contribution in [1.29, 1.82) is 0 Å². The fraction of sp³-hybridized carbons (Fsp3) is 0.350. The summed E-state index contributed by atoms with van der Waals surface area (Å²) in [6.45, 7) is 0.138. The van der Waals surface area contributed by atoms with Crippen LogP contribution in [0.5, 0.6) is 5.75 Å². The third-order valence-electron chi connectivity index (χ3n) is 4.63. The molecule has 0 unspecified atom stereocenters. The molecule has 0 saturated carbocycles. The van der Waals surface area contributed by atoms with Gasteiger partial charge in [0.25, 0.3) is 5.91 Å². The van der Waals surface area contributed by atoms with Gasteiger partial charge in [-0.25, -0.2) is 0 Å². The average Bonchev–Trinajstić information content (AvgIpc) is 2.73. The number of rotatable bonds is 7. The zero-order valence-electron chi connectivity index (χ0n) is 15.8. The van der Waals surface area contributed by atoms with Crippen LogP contribution in [0.15, 0.2) is 48.8 Å². The first-order valence-electron chi connectivity index (χ1n) is 9.24. The molecule has 154 valence electrons. The molecule has 9 heteroatoms. The second-order valence-corrected chi connectivity index (χ2v) is 6.57. The van der Waals surface area contributed by atoms with E-state index in [0.29, 0.717) is 13.1 Å². The number of benzene rings is 1. The summed E-state index contributed by atoms with van der Waals surface area (Å²) in [5.74, 6) is -1.07. The largest absolute Gasteiger partial charge is 0.434 e. The Morgan fingerprint density at radius 1 is 1.07 bits per heavy atom. The quantitative estimate of drug-likeness (QED) is 0.761. The molecular weight excluding hydrogens is 382 g/mol. The van der Waals surface area contributed by atoms with E-state index >= 15 is 0 Å². The van der Waals surface area contributed by atoms with Crippen molar-refractivity contribution in [3.8, 4) is 5.75 Å². The predicted molar refractivity (Wildman–Crippen MR) is 102 cm³/mol. The molecular formula is C20H22F2N4O3. The first-order valence-corrected chi connectivity index (χ1v) is 9.24. The van der Waals surface area contributed by atoms with Crippen LogP contribution in [-0.2, 0) is 11.3 Å². The number of hydrogen-bond acceptors (Lipinski definition) is 5. The molecule has 3 rings (SSSR count). The molecule has 0 spiro atoms. The van der Waals surface area contributed by atoms with Gasteiger partial charge in [0.05, 0.1) is 12.1 Å². The summed E-state index contributed by atoms with van der Waals surface area (Å²) in [5, 5.41) is 2.49. The maximum absolute atomic E-state index is 12.5. The molecule has 1 aliphatic heterocycles. The van der Waals surface area contributed by atoms with E-state index in [1.54, 1.807) is 17.3 Å². The van der Waals surface area contributed by atoms with E-state index in [-0.39, 0.29) is 23.8 Å². The number of ether oxygens (including phenoxy) is 1. The van der Waals surface area contributed by atoms with Gasteiger partial charge in [-0.05, 0) is 29.8 Å². The van der Waals surface area contributed by atoms with Gasteiger partial charge in [0.1, 0.15) is 5.75 Å². The number of hydrogen-bond donors (Lipinski definition) is 1. The highest BCUT2D eigenvalue weighted by atomic mass is 19.3. The van der Waals surface area contributed by atoms with Gasteiger partial charge in [-0.2, -0.15) is 8.78 Å². The van der Waals surface area contributed by atoms with Gasteiger partial charge >= 0.3 is 6.61 Å². The SMILES string of the molecule is O=C(NCC(=O)N1CCN(Cc2ccncc2)CC1)c1ccccc1OC(F)F. The van der Waals surface area contributed by atoms with Crippen LogP contribution in [0, 0.1) is 0 Å². The summed E-state index contributed by atoms with van der Waals surface area (Å²) >= 11 is 0. The fourth-order valence-electron chi connectivity index (χ4n) is 3.12. The Bertz CT molecular complexity index is 827. The predicted octanol–water partition coefficient (Wildman–Crippen LogP) is 1.76. The number of aromatic nitrogens is 1. The van der Waals surface area contributed by atoms with Crippen LogP contribution in [0.1, 0.15) is 15.9 Å². The second-order valence-electron chi connectivity index (χ2n) is 6.57. The zero-order chi connectivity index (χ0) is 20.6. The number of halogens is 2. The molecule has 0 aliphatic carbocycles. The van der Waals surface area contributed by atoms with Gasteiger partial charge in [-0.15, -0.1) is 0 Å². The van der Waals surface area contributed by atoms with Crippen LogP contribution in [0.4, 0.5) is 8.78 Å². The number of pyridine rings is 1. The number of nitrogens with one attached hydrogen (secondary N) is 1. The first-order chi connectivity index (χ1) is 14.0. The van der Waals surface area contributed by atoms with E-state index in [4.69, 9.17) is 0 Å². The summed E-state index contributed by atoms with van der Waals surface area (Å²) in [6.07, 6.45) is 3.50. The monoisotopic (exact) mass is 404 g/mol. The summed E-state index contributed by atoms with van der Waals surface area (Å²) < 4.78 is 29.3. The van der Waals surface area contributed by atoms with Crippen LogP contribution >= 0.6 is 0 Å². The van der Waals surface area contributed by atoms with Crippen LogP contribution in [0.3, 0.4) is 0 Å². The van der Waals surface area contributed by atoms with Crippen LogP contribution in [0.25, 0.3) is 0 Å². The average molecular weight is 404 g/mol. The van der Waals surface area contributed by atoms with E-state index in [2.05, 4.69) is 19.9 Å². The molecule has 29 heavy (non-hydrogen) atoms. The Morgan fingerprint density at radius 3 is 2.45 bits per heavy atom. The van der Waals surface area contributed by atoms with Crippen molar-refractivity contribution in [2.45, 2.75) is 13.2 Å². The number of amides is 2. The Balaban J connectivity index is 1.46. The molecule has 7 nitrogen and oxygen atoms in total. The standard InChI is InChI=1S/C20H22F2N4O3/c21-20(22)29-17-4-2-1-3-16(17)19(28)24-13-18(27)26-11-9-25(10-12-26)14-15-5-7-23-8-6-15/h1-8,20H,9-14H2,(H,24,28). The third kappa shape index (κ3) is 5.95. The van der Waals surface area contributed by atoms with Gasteiger partial charge in [-0.1, -0.05) is 12.1 Å². The van der Waals surface area contributed by atoms with Crippen molar-refractivity contribution in [2.75, 3.05) is 32.7 Å². The Kier molecular flexibility index (Phi) is 7.07. The number of alkyl halides is 2. The zero-order valence-corrected chi connectivity index (χ0v) is 15.8. The van der Waals surface area contributed by atoms with Gasteiger partial charge < -0.3 is 15.0 Å². The molecule has 1 aromatic carbocycles. The van der Waals surface area contributed by atoms with Gasteiger partial charge in [0, 0.05) is 45.1 Å². The fourth-order valence-corrected chi connectivity index (χ4v) is 3.12. The molecule has 0 bridgehead atoms. The summed E-state index contributed by atoms with van der Waals surface area (Å²) in [7, 11) is 0. The molecule has 1 saturated heterocycles. The van der Waals surface area contributed by atoms with Crippen LogP contribution in [0.2, 0.25) is 0 Å². The number of carbonyl (C=O) groups is 2. The maximum Gasteiger partial charge on any atom is 0.387 e. The van der Waals surface area contributed by atoms with Gasteiger partial charge in [0.15, 0.2) is 0 Å². The minimum Gasteiger partial charge on any atom is -0.434 e. The molecule has 2 aromatic rings. The summed E-state index contributed by atoms with van der Waals surface area (Å²) in [5.41, 5.74) is 1.12. The van der Waals surface area contributed by atoms with E-state index in [1.165, 1.54) is 24.3 Å². The lowest BCUT2D eigenvalue weighted by Gasteiger charge is -2.34. The molecule has 1 aliphatic rings. The smallest absolute Gasteiger partial charge is 0.387 e. The summed E-state index contributed by atoms with van der Waals surface area (Å²) in [4.78, 5) is 32.6. The molecule has 2 heterocycles. The highest BCUT2D eigenvalue weighted by Gasteiger charge is 2.22. The van der Waals surface area contributed by atoms with Crippen molar-refractivity contribution in [1.82, 2.24) is 20.1 Å². The lowest BCUT2D eigenvalue weighted by atomic mass is 10.2. The summed E-state index contributed by atoms with van der Waals surface area (Å²) in [6, 6.07) is 9.60.